The van der Waals surface area contributed by atoms with Crippen molar-refractivity contribution in [2.24, 2.45) is 0 Å². The van der Waals surface area contributed by atoms with Gasteiger partial charge in [0.2, 0.25) is 11.0 Å². The summed E-state index contributed by atoms with van der Waals surface area (Å²) in [5, 5.41) is 12.9. The molecule has 0 saturated carbocycles. The summed E-state index contributed by atoms with van der Waals surface area (Å²) in [4.78, 5) is 13.3. The third-order valence-corrected chi connectivity index (χ3v) is 5.59. The van der Waals surface area contributed by atoms with Crippen LogP contribution in [-0.2, 0) is 11.2 Å². The van der Waals surface area contributed by atoms with Crippen LogP contribution < -0.4 is 5.32 Å². The Morgan fingerprint density at radius 2 is 1.88 bits per heavy atom. The van der Waals surface area contributed by atoms with Crippen LogP contribution in [0, 0.1) is 0 Å². The minimum atomic E-state index is -0.248. The fourth-order valence-corrected chi connectivity index (χ4v) is 3.89. The second kappa shape index (κ2) is 8.47. The van der Waals surface area contributed by atoms with Crippen molar-refractivity contribution in [1.82, 2.24) is 10.2 Å². The van der Waals surface area contributed by atoms with Crippen LogP contribution in [0.15, 0.2) is 59.5 Å². The van der Waals surface area contributed by atoms with Crippen LogP contribution in [-0.4, -0.2) is 21.4 Å². The summed E-state index contributed by atoms with van der Waals surface area (Å²) in [7, 11) is 0. The van der Waals surface area contributed by atoms with Gasteiger partial charge in [0, 0.05) is 16.3 Å². The number of anilines is 1. The maximum absolute atomic E-state index is 12.3. The molecule has 3 aromatic rings. The van der Waals surface area contributed by atoms with E-state index in [1.807, 2.05) is 61.5 Å². The zero-order valence-electron chi connectivity index (χ0n) is 13.5. The van der Waals surface area contributed by atoms with Crippen molar-refractivity contribution in [3.05, 3.63) is 70.2 Å². The SMILES string of the molecule is CC(Sc1ccc(Cl)cc1)C(=O)Nc1nnc(Cc2ccccc2)s1. The van der Waals surface area contributed by atoms with E-state index in [4.69, 9.17) is 11.6 Å². The fraction of sp³-hybridized carbons (Fsp3) is 0.167. The van der Waals surface area contributed by atoms with E-state index in [-0.39, 0.29) is 11.2 Å². The molecular weight excluding hydrogens is 374 g/mol. The van der Waals surface area contributed by atoms with E-state index in [9.17, 15) is 4.79 Å². The largest absolute Gasteiger partial charge is 0.300 e. The zero-order valence-corrected chi connectivity index (χ0v) is 15.9. The van der Waals surface area contributed by atoms with Gasteiger partial charge in [-0.25, -0.2) is 0 Å². The molecule has 0 bridgehead atoms. The van der Waals surface area contributed by atoms with Crippen LogP contribution in [0.25, 0.3) is 0 Å². The first-order chi connectivity index (χ1) is 12.1. The molecule has 25 heavy (non-hydrogen) atoms. The molecule has 128 valence electrons. The number of thioether (sulfide) groups is 1. The van der Waals surface area contributed by atoms with Crippen molar-refractivity contribution in [3.8, 4) is 0 Å². The molecule has 0 saturated heterocycles. The lowest BCUT2D eigenvalue weighted by molar-refractivity contribution is -0.115. The number of nitrogens with zero attached hydrogens (tertiary/aromatic N) is 2. The number of amides is 1. The van der Waals surface area contributed by atoms with Crippen molar-refractivity contribution in [3.63, 3.8) is 0 Å². The number of benzene rings is 2. The summed E-state index contributed by atoms with van der Waals surface area (Å²) < 4.78 is 0. The summed E-state index contributed by atoms with van der Waals surface area (Å²) in [6, 6.07) is 17.5. The molecule has 3 rings (SSSR count). The summed E-state index contributed by atoms with van der Waals surface area (Å²) >= 11 is 8.75. The van der Waals surface area contributed by atoms with Crippen molar-refractivity contribution in [2.75, 3.05) is 5.32 Å². The summed E-state index contributed by atoms with van der Waals surface area (Å²) in [6.45, 7) is 1.86. The van der Waals surface area contributed by atoms with Crippen LogP contribution in [0.3, 0.4) is 0 Å². The van der Waals surface area contributed by atoms with Crippen LogP contribution in [0.4, 0.5) is 5.13 Å². The lowest BCUT2D eigenvalue weighted by Gasteiger charge is -2.10. The number of carbonyl (C=O) groups is 1. The standard InChI is InChI=1S/C18H16ClN3OS2/c1-12(24-15-9-7-14(19)8-10-15)17(23)20-18-22-21-16(25-18)11-13-5-3-2-4-6-13/h2-10,12H,11H2,1H3,(H,20,22,23). The maximum atomic E-state index is 12.3. The highest BCUT2D eigenvalue weighted by molar-refractivity contribution is 8.00. The number of carbonyl (C=O) groups excluding carboxylic acids is 1. The molecule has 2 aromatic carbocycles. The average Bonchev–Trinajstić information content (AvgIpc) is 3.04. The molecule has 0 radical (unpaired) electrons. The topological polar surface area (TPSA) is 54.9 Å². The van der Waals surface area contributed by atoms with Gasteiger partial charge in [-0.15, -0.1) is 22.0 Å². The van der Waals surface area contributed by atoms with E-state index < -0.39 is 0 Å². The lowest BCUT2D eigenvalue weighted by Crippen LogP contribution is -2.22. The molecule has 1 aromatic heterocycles. The Morgan fingerprint density at radius 3 is 2.60 bits per heavy atom. The molecule has 1 amide bonds. The van der Waals surface area contributed by atoms with Gasteiger partial charge in [0.15, 0.2) is 0 Å². The van der Waals surface area contributed by atoms with Crippen LogP contribution >= 0.6 is 34.7 Å². The zero-order chi connectivity index (χ0) is 17.6. The predicted octanol–water partition coefficient (Wildman–Crippen LogP) is 4.90. The first-order valence-corrected chi connectivity index (χ1v) is 9.77. The molecule has 0 aliphatic carbocycles. The van der Waals surface area contributed by atoms with Crippen molar-refractivity contribution in [1.29, 1.82) is 0 Å². The first kappa shape index (κ1) is 17.9. The van der Waals surface area contributed by atoms with Crippen molar-refractivity contribution >= 4 is 45.7 Å². The molecule has 0 aliphatic rings. The van der Waals surface area contributed by atoms with E-state index in [0.29, 0.717) is 16.6 Å². The van der Waals surface area contributed by atoms with E-state index >= 15 is 0 Å². The average molecular weight is 390 g/mol. The number of hydrogen-bond donors (Lipinski definition) is 1. The number of hydrogen-bond acceptors (Lipinski definition) is 5. The molecule has 0 aliphatic heterocycles. The predicted molar refractivity (Wildman–Crippen MR) is 105 cm³/mol. The molecule has 1 unspecified atom stereocenters. The van der Waals surface area contributed by atoms with Gasteiger partial charge >= 0.3 is 0 Å². The second-order valence-corrected chi connectivity index (χ2v) is 8.28. The Balaban J connectivity index is 1.56. The molecule has 0 fully saturated rings. The molecule has 1 atom stereocenters. The lowest BCUT2D eigenvalue weighted by atomic mass is 10.2. The van der Waals surface area contributed by atoms with Crippen LogP contribution in [0.5, 0.6) is 0 Å². The Hall–Kier alpha value is -1.89. The van der Waals surface area contributed by atoms with Crippen LogP contribution in [0.2, 0.25) is 5.02 Å². The van der Waals surface area contributed by atoms with Gasteiger partial charge in [0.25, 0.3) is 0 Å². The van der Waals surface area contributed by atoms with Crippen molar-refractivity contribution in [2.45, 2.75) is 23.5 Å². The Bertz CT molecular complexity index is 837. The first-order valence-electron chi connectivity index (χ1n) is 7.69. The molecular formula is C18H16ClN3OS2. The maximum Gasteiger partial charge on any atom is 0.239 e. The molecule has 1 N–H and O–H groups in total. The molecule has 4 nitrogen and oxygen atoms in total. The van der Waals surface area contributed by atoms with Gasteiger partial charge in [-0.3, -0.25) is 10.1 Å². The van der Waals surface area contributed by atoms with Gasteiger partial charge in [-0.2, -0.15) is 0 Å². The minimum Gasteiger partial charge on any atom is -0.300 e. The number of nitrogens with one attached hydrogen (secondary N) is 1. The Morgan fingerprint density at radius 1 is 1.16 bits per heavy atom. The fourth-order valence-electron chi connectivity index (χ4n) is 2.12. The van der Waals surface area contributed by atoms with E-state index in [0.717, 1.165) is 9.90 Å². The van der Waals surface area contributed by atoms with Crippen molar-refractivity contribution < 1.29 is 4.79 Å². The quantitative estimate of drug-likeness (QED) is 0.609. The summed E-state index contributed by atoms with van der Waals surface area (Å²) in [5.74, 6) is -0.0950. The normalized spacial score (nSPS) is 11.9. The summed E-state index contributed by atoms with van der Waals surface area (Å²) in [6.07, 6.45) is 0.712. The highest BCUT2D eigenvalue weighted by atomic mass is 35.5. The molecule has 7 heteroatoms. The van der Waals surface area contributed by atoms with Gasteiger partial charge in [-0.05, 0) is 36.8 Å². The summed E-state index contributed by atoms with van der Waals surface area (Å²) in [5.41, 5.74) is 1.17. The minimum absolute atomic E-state index is 0.0950. The Labute approximate surface area is 159 Å². The molecule has 0 spiro atoms. The van der Waals surface area contributed by atoms with Gasteiger partial charge < -0.3 is 0 Å². The highest BCUT2D eigenvalue weighted by Crippen LogP contribution is 2.26. The van der Waals surface area contributed by atoms with E-state index in [2.05, 4.69) is 15.5 Å². The third-order valence-electron chi connectivity index (χ3n) is 3.39. The number of aromatic nitrogens is 2. The van der Waals surface area contributed by atoms with E-state index in [1.165, 1.54) is 28.7 Å². The van der Waals surface area contributed by atoms with Gasteiger partial charge in [-0.1, -0.05) is 53.3 Å². The second-order valence-electron chi connectivity index (χ2n) is 5.37. The number of halogens is 1. The molecule has 1 heterocycles. The number of rotatable bonds is 6. The smallest absolute Gasteiger partial charge is 0.239 e. The van der Waals surface area contributed by atoms with Gasteiger partial charge in [0.05, 0.1) is 5.25 Å². The van der Waals surface area contributed by atoms with Crippen LogP contribution in [0.1, 0.15) is 17.5 Å². The highest BCUT2D eigenvalue weighted by Gasteiger charge is 2.16. The van der Waals surface area contributed by atoms with E-state index in [1.54, 1.807) is 0 Å². The monoisotopic (exact) mass is 389 g/mol. The third kappa shape index (κ3) is 5.29. The Kier molecular flexibility index (Phi) is 6.07. The van der Waals surface area contributed by atoms with Gasteiger partial charge in [0.1, 0.15) is 5.01 Å².